The van der Waals surface area contributed by atoms with Crippen LogP contribution >= 0.6 is 0 Å². The van der Waals surface area contributed by atoms with Crippen LogP contribution in [-0.4, -0.2) is 33.9 Å². The van der Waals surface area contributed by atoms with E-state index >= 15 is 0 Å². The summed E-state index contributed by atoms with van der Waals surface area (Å²) in [5.41, 5.74) is 10.1. The summed E-state index contributed by atoms with van der Waals surface area (Å²) in [5.74, 6) is 1.44. The van der Waals surface area contributed by atoms with Crippen LogP contribution < -0.4 is 15.2 Å². The van der Waals surface area contributed by atoms with Crippen LogP contribution in [0.4, 0.5) is 5.82 Å². The summed E-state index contributed by atoms with van der Waals surface area (Å²) in [6.45, 7) is 5.01. The minimum atomic E-state index is -0.484. The van der Waals surface area contributed by atoms with E-state index in [1.54, 1.807) is 4.57 Å². The molecule has 5 rings (SSSR count). The van der Waals surface area contributed by atoms with Gasteiger partial charge in [-0.1, -0.05) is 38.5 Å². The highest BCUT2D eigenvalue weighted by Gasteiger charge is 2.26. The van der Waals surface area contributed by atoms with E-state index in [-0.39, 0.29) is 24.1 Å². The Labute approximate surface area is 184 Å². The number of rotatable bonds is 6. The topological polar surface area (TPSA) is 101 Å². The molecule has 0 saturated heterocycles. The number of fused-ring (bicyclic) bond motifs is 3. The molecule has 0 aliphatic carbocycles. The summed E-state index contributed by atoms with van der Waals surface area (Å²) in [6, 6.07) is 13.2. The van der Waals surface area contributed by atoms with Crippen molar-refractivity contribution < 1.29 is 19.0 Å². The second kappa shape index (κ2) is 8.03. The highest BCUT2D eigenvalue weighted by molar-refractivity contribution is 6.08. The average Bonchev–Trinajstić information content (AvgIpc) is 3.38. The third-order valence-electron chi connectivity index (χ3n) is 5.77. The van der Waals surface area contributed by atoms with Crippen molar-refractivity contribution in [3.8, 4) is 11.5 Å². The minimum absolute atomic E-state index is 0.205. The van der Waals surface area contributed by atoms with Crippen molar-refractivity contribution in [2.75, 3.05) is 19.1 Å². The molecule has 1 atom stereocenters. The van der Waals surface area contributed by atoms with Gasteiger partial charge in [0, 0.05) is 0 Å². The number of nitrogens with zero attached hydrogens (tertiary/aromatic N) is 3. The van der Waals surface area contributed by atoms with E-state index in [2.05, 4.69) is 6.92 Å². The van der Waals surface area contributed by atoms with Crippen molar-refractivity contribution in [3.63, 3.8) is 0 Å². The number of para-hydroxylation sites is 2. The van der Waals surface area contributed by atoms with Crippen LogP contribution in [0.1, 0.15) is 36.2 Å². The summed E-state index contributed by atoms with van der Waals surface area (Å²) < 4.78 is 18.3. The maximum Gasteiger partial charge on any atom is 0.344 e. The monoisotopic (exact) mass is 432 g/mol. The number of hydrogen-bond acceptors (Lipinski definition) is 7. The number of nitrogens with two attached hydrogens (primary N) is 1. The van der Waals surface area contributed by atoms with Crippen molar-refractivity contribution in [2.45, 2.75) is 26.8 Å². The molecular formula is C24H24N4O4. The average molecular weight is 432 g/mol. The van der Waals surface area contributed by atoms with E-state index in [1.165, 1.54) is 0 Å². The van der Waals surface area contributed by atoms with Crippen LogP contribution in [0.3, 0.4) is 0 Å². The number of anilines is 1. The highest BCUT2D eigenvalue weighted by Crippen LogP contribution is 2.34. The number of nitrogen functional groups attached to an aromatic ring is 1. The van der Waals surface area contributed by atoms with Crippen LogP contribution in [0.25, 0.3) is 22.2 Å². The molecule has 164 valence electrons. The van der Waals surface area contributed by atoms with Crippen LogP contribution in [-0.2, 0) is 11.3 Å². The maximum atomic E-state index is 13.0. The Hall–Kier alpha value is -3.81. The van der Waals surface area contributed by atoms with Gasteiger partial charge < -0.3 is 24.5 Å². The number of ether oxygens (including phenoxy) is 3. The van der Waals surface area contributed by atoms with Crippen molar-refractivity contribution in [1.29, 1.82) is 0 Å². The first-order valence-electron chi connectivity index (χ1n) is 10.6. The molecular weight excluding hydrogens is 408 g/mol. The van der Waals surface area contributed by atoms with Gasteiger partial charge in [0.05, 0.1) is 24.2 Å². The predicted molar refractivity (Wildman–Crippen MR) is 121 cm³/mol. The quantitative estimate of drug-likeness (QED) is 0.457. The molecule has 0 saturated carbocycles. The molecule has 32 heavy (non-hydrogen) atoms. The van der Waals surface area contributed by atoms with E-state index in [0.717, 1.165) is 17.5 Å². The second-order valence-corrected chi connectivity index (χ2v) is 8.03. The fourth-order valence-corrected chi connectivity index (χ4v) is 3.71. The molecule has 0 radical (unpaired) electrons. The highest BCUT2D eigenvalue weighted by atomic mass is 16.7. The lowest BCUT2D eigenvalue weighted by Crippen LogP contribution is -2.14. The van der Waals surface area contributed by atoms with Gasteiger partial charge in [0.25, 0.3) is 0 Å². The fourth-order valence-electron chi connectivity index (χ4n) is 3.71. The maximum absolute atomic E-state index is 13.0. The van der Waals surface area contributed by atoms with Gasteiger partial charge in [0.15, 0.2) is 17.1 Å². The summed E-state index contributed by atoms with van der Waals surface area (Å²) in [6.07, 6.45) is 0.916. The molecule has 2 aromatic heterocycles. The van der Waals surface area contributed by atoms with Crippen LogP contribution in [0.5, 0.6) is 11.5 Å². The zero-order valence-corrected chi connectivity index (χ0v) is 18.0. The van der Waals surface area contributed by atoms with Crippen molar-refractivity contribution in [3.05, 3.63) is 53.6 Å². The van der Waals surface area contributed by atoms with Crippen molar-refractivity contribution >= 4 is 34.0 Å². The summed E-state index contributed by atoms with van der Waals surface area (Å²) >= 11 is 0. The van der Waals surface area contributed by atoms with Gasteiger partial charge in [-0.2, -0.15) is 0 Å². The molecule has 2 N–H and O–H groups in total. The largest absolute Gasteiger partial charge is 0.462 e. The molecule has 0 amide bonds. The first-order valence-corrected chi connectivity index (χ1v) is 10.6. The van der Waals surface area contributed by atoms with Gasteiger partial charge in [-0.15, -0.1) is 0 Å². The Bertz CT molecular complexity index is 1330. The lowest BCUT2D eigenvalue weighted by molar-refractivity contribution is 0.0450. The fraction of sp³-hybridized carbons (Fsp3) is 0.292. The van der Waals surface area contributed by atoms with Crippen LogP contribution in [0.2, 0.25) is 0 Å². The number of benzene rings is 2. The van der Waals surface area contributed by atoms with E-state index in [4.69, 9.17) is 29.9 Å². The van der Waals surface area contributed by atoms with Gasteiger partial charge in [-0.3, -0.25) is 0 Å². The molecule has 0 fully saturated rings. The van der Waals surface area contributed by atoms with Crippen LogP contribution in [0.15, 0.2) is 42.5 Å². The molecule has 0 spiro atoms. The molecule has 8 heteroatoms. The lowest BCUT2D eigenvalue weighted by Gasteiger charge is -2.10. The standard InChI is InChI=1S/C24H24N4O4/c1-3-14(2)12-30-24(29)20-21-23(27-17-7-5-4-6-16(17)26-21)28(22(20)25)11-15-8-9-18-19(10-15)32-13-31-18/h4-10,14H,3,11-13,25H2,1-2H3/t14-/m1/s1. The second-order valence-electron chi connectivity index (χ2n) is 8.03. The summed E-state index contributed by atoms with van der Waals surface area (Å²) in [7, 11) is 0. The third-order valence-corrected chi connectivity index (χ3v) is 5.77. The SMILES string of the molecule is CC[C@@H](C)COC(=O)c1c(N)n(Cc2ccc3c(c2)OCO3)c2nc3ccccc3nc12. The van der Waals surface area contributed by atoms with E-state index in [0.29, 0.717) is 41.3 Å². The molecule has 8 nitrogen and oxygen atoms in total. The number of carbonyl (C=O) groups excluding carboxylic acids is 1. The minimum Gasteiger partial charge on any atom is -0.462 e. The molecule has 2 aromatic carbocycles. The Kier molecular flexibility index (Phi) is 5.05. The van der Waals surface area contributed by atoms with Gasteiger partial charge in [0.2, 0.25) is 6.79 Å². The molecule has 4 aromatic rings. The third kappa shape index (κ3) is 3.47. The molecule has 0 bridgehead atoms. The van der Waals surface area contributed by atoms with Gasteiger partial charge in [-0.05, 0) is 35.7 Å². The molecule has 0 unspecified atom stereocenters. The lowest BCUT2D eigenvalue weighted by atomic mass is 10.1. The first-order chi connectivity index (χ1) is 15.5. The molecule has 1 aliphatic heterocycles. The molecule has 1 aliphatic rings. The Morgan fingerprint density at radius 2 is 1.91 bits per heavy atom. The van der Waals surface area contributed by atoms with E-state index in [9.17, 15) is 4.79 Å². The van der Waals surface area contributed by atoms with Gasteiger partial charge >= 0.3 is 5.97 Å². The van der Waals surface area contributed by atoms with Crippen LogP contribution in [0, 0.1) is 5.92 Å². The first kappa shape index (κ1) is 20.1. The Balaban J connectivity index is 1.62. The van der Waals surface area contributed by atoms with Gasteiger partial charge in [-0.25, -0.2) is 14.8 Å². The van der Waals surface area contributed by atoms with E-state index in [1.807, 2.05) is 49.4 Å². The predicted octanol–water partition coefficient (Wildman–Crippen LogP) is 4.15. The number of esters is 1. The van der Waals surface area contributed by atoms with E-state index < -0.39 is 5.97 Å². The normalized spacial score (nSPS) is 13.6. The number of carbonyl (C=O) groups is 1. The van der Waals surface area contributed by atoms with Crippen molar-refractivity contribution in [2.24, 2.45) is 5.92 Å². The van der Waals surface area contributed by atoms with Gasteiger partial charge in [0.1, 0.15) is 16.9 Å². The zero-order valence-electron chi connectivity index (χ0n) is 18.0. The number of aromatic nitrogens is 3. The molecule has 3 heterocycles. The number of hydrogen-bond donors (Lipinski definition) is 1. The zero-order chi connectivity index (χ0) is 22.2. The summed E-state index contributed by atoms with van der Waals surface area (Å²) in [4.78, 5) is 22.5. The Morgan fingerprint density at radius 1 is 1.16 bits per heavy atom. The smallest absolute Gasteiger partial charge is 0.344 e. The Morgan fingerprint density at radius 3 is 2.69 bits per heavy atom. The summed E-state index contributed by atoms with van der Waals surface area (Å²) in [5, 5.41) is 0. The van der Waals surface area contributed by atoms with Crippen molar-refractivity contribution in [1.82, 2.24) is 14.5 Å².